The molecule has 0 aliphatic rings. The third-order valence-corrected chi connectivity index (χ3v) is 3.84. The monoisotopic (exact) mass is 239 g/mol. The van der Waals surface area contributed by atoms with Crippen LogP contribution >= 0.6 is 11.8 Å². The van der Waals surface area contributed by atoms with Crippen LogP contribution in [-0.2, 0) is 0 Å². The zero-order valence-corrected chi connectivity index (χ0v) is 10.4. The van der Waals surface area contributed by atoms with Crippen molar-refractivity contribution in [3.8, 4) is 0 Å². The number of aromatic nitrogens is 1. The smallest absolute Gasteiger partial charge is 0.0457 e. The van der Waals surface area contributed by atoms with Crippen LogP contribution in [0.3, 0.4) is 0 Å². The summed E-state index contributed by atoms with van der Waals surface area (Å²) >= 11 is 1.80. The van der Waals surface area contributed by atoms with Gasteiger partial charge in [-0.15, -0.1) is 0 Å². The Balaban J connectivity index is 1.98. The van der Waals surface area contributed by atoms with Crippen molar-refractivity contribution in [1.82, 2.24) is 4.98 Å². The number of aromatic amines is 1. The van der Waals surface area contributed by atoms with E-state index in [1.165, 1.54) is 26.3 Å². The first-order valence-electron chi connectivity index (χ1n) is 5.63. The first-order valence-corrected chi connectivity index (χ1v) is 6.45. The molecule has 0 bridgehead atoms. The van der Waals surface area contributed by atoms with Gasteiger partial charge in [0.2, 0.25) is 0 Å². The fourth-order valence-corrected chi connectivity index (χ4v) is 2.81. The topological polar surface area (TPSA) is 15.8 Å². The molecule has 0 spiro atoms. The van der Waals surface area contributed by atoms with Crippen molar-refractivity contribution < 1.29 is 0 Å². The average Bonchev–Trinajstić information content (AvgIpc) is 2.73. The van der Waals surface area contributed by atoms with Crippen LogP contribution in [0.5, 0.6) is 0 Å². The Morgan fingerprint density at radius 2 is 1.76 bits per heavy atom. The van der Waals surface area contributed by atoms with Gasteiger partial charge < -0.3 is 4.98 Å². The van der Waals surface area contributed by atoms with Crippen LogP contribution in [0.25, 0.3) is 10.9 Å². The van der Waals surface area contributed by atoms with Gasteiger partial charge in [0.05, 0.1) is 0 Å². The Labute approximate surface area is 105 Å². The predicted molar refractivity (Wildman–Crippen MR) is 73.6 cm³/mol. The maximum Gasteiger partial charge on any atom is 0.0457 e. The van der Waals surface area contributed by atoms with Crippen molar-refractivity contribution >= 4 is 22.7 Å². The lowest BCUT2D eigenvalue weighted by molar-refractivity contribution is 1.41. The van der Waals surface area contributed by atoms with Gasteiger partial charge >= 0.3 is 0 Å². The van der Waals surface area contributed by atoms with E-state index < -0.39 is 0 Å². The van der Waals surface area contributed by atoms with Crippen LogP contribution in [0.15, 0.2) is 64.5 Å². The summed E-state index contributed by atoms with van der Waals surface area (Å²) in [6.07, 6.45) is 2.06. The highest BCUT2D eigenvalue weighted by Crippen LogP contribution is 2.30. The molecule has 1 N–H and O–H groups in total. The quantitative estimate of drug-likeness (QED) is 0.689. The van der Waals surface area contributed by atoms with E-state index in [2.05, 4.69) is 60.6 Å². The zero-order valence-electron chi connectivity index (χ0n) is 9.60. The van der Waals surface area contributed by atoms with Gasteiger partial charge in [0.25, 0.3) is 0 Å². The van der Waals surface area contributed by atoms with Crippen molar-refractivity contribution in [2.75, 3.05) is 0 Å². The average molecular weight is 239 g/mol. The fourth-order valence-electron chi connectivity index (χ4n) is 1.93. The second kappa shape index (κ2) is 4.30. The Hall–Kier alpha value is -1.67. The molecule has 84 valence electrons. The van der Waals surface area contributed by atoms with Crippen molar-refractivity contribution in [2.24, 2.45) is 0 Å². The van der Waals surface area contributed by atoms with Gasteiger partial charge in [-0.25, -0.2) is 0 Å². The van der Waals surface area contributed by atoms with Gasteiger partial charge in [0.15, 0.2) is 0 Å². The van der Waals surface area contributed by atoms with Crippen molar-refractivity contribution in [3.63, 3.8) is 0 Å². The third-order valence-electron chi connectivity index (χ3n) is 2.84. The molecule has 1 nitrogen and oxygen atoms in total. The van der Waals surface area contributed by atoms with E-state index in [4.69, 9.17) is 0 Å². The molecular weight excluding hydrogens is 226 g/mol. The minimum atomic E-state index is 1.21. The standard InChI is InChI=1S/C15H13NS/c1-11-10-16-15-8-7-13(9-14(11)15)17-12-5-3-2-4-6-12/h2-10,16H,1H3. The number of benzene rings is 2. The number of hydrogen-bond donors (Lipinski definition) is 1. The summed E-state index contributed by atoms with van der Waals surface area (Å²) < 4.78 is 0. The van der Waals surface area contributed by atoms with Gasteiger partial charge in [-0.05, 0) is 42.8 Å². The third kappa shape index (κ3) is 2.08. The van der Waals surface area contributed by atoms with E-state index in [0.717, 1.165) is 0 Å². The van der Waals surface area contributed by atoms with Crippen LogP contribution in [0.2, 0.25) is 0 Å². The summed E-state index contributed by atoms with van der Waals surface area (Å²) in [6, 6.07) is 17.0. The number of aryl methyl sites for hydroxylation is 1. The van der Waals surface area contributed by atoms with Crippen molar-refractivity contribution in [1.29, 1.82) is 0 Å². The SMILES string of the molecule is Cc1c[nH]c2ccc(Sc3ccccc3)cc12. The lowest BCUT2D eigenvalue weighted by atomic mass is 10.2. The minimum absolute atomic E-state index is 1.21. The summed E-state index contributed by atoms with van der Waals surface area (Å²) in [5.41, 5.74) is 2.51. The van der Waals surface area contributed by atoms with E-state index >= 15 is 0 Å². The lowest BCUT2D eigenvalue weighted by Gasteiger charge is -2.02. The van der Waals surface area contributed by atoms with E-state index in [1.807, 2.05) is 6.07 Å². The Bertz CT molecular complexity index is 640. The molecule has 1 heterocycles. The van der Waals surface area contributed by atoms with E-state index in [-0.39, 0.29) is 0 Å². The number of H-pyrrole nitrogens is 1. The Kier molecular flexibility index (Phi) is 2.65. The minimum Gasteiger partial charge on any atom is -0.361 e. The van der Waals surface area contributed by atoms with Crippen LogP contribution in [0, 0.1) is 6.92 Å². The zero-order chi connectivity index (χ0) is 11.7. The molecule has 0 amide bonds. The van der Waals surface area contributed by atoms with Crippen LogP contribution in [0.4, 0.5) is 0 Å². The summed E-state index contributed by atoms with van der Waals surface area (Å²) in [7, 11) is 0. The van der Waals surface area contributed by atoms with Crippen LogP contribution < -0.4 is 0 Å². The van der Waals surface area contributed by atoms with Gasteiger partial charge in [-0.2, -0.15) is 0 Å². The highest BCUT2D eigenvalue weighted by atomic mass is 32.2. The fraction of sp³-hybridized carbons (Fsp3) is 0.0667. The highest BCUT2D eigenvalue weighted by Gasteiger charge is 2.02. The largest absolute Gasteiger partial charge is 0.361 e. The molecule has 0 aliphatic carbocycles. The van der Waals surface area contributed by atoms with E-state index in [1.54, 1.807) is 11.8 Å². The van der Waals surface area contributed by atoms with Gasteiger partial charge in [0.1, 0.15) is 0 Å². The summed E-state index contributed by atoms with van der Waals surface area (Å²) in [4.78, 5) is 5.83. The molecule has 0 unspecified atom stereocenters. The molecule has 0 fully saturated rings. The van der Waals surface area contributed by atoms with Crippen LogP contribution in [-0.4, -0.2) is 4.98 Å². The maximum absolute atomic E-state index is 3.27. The predicted octanol–water partition coefficient (Wildman–Crippen LogP) is 4.63. The number of rotatable bonds is 2. The molecule has 17 heavy (non-hydrogen) atoms. The first-order chi connectivity index (χ1) is 8.33. The summed E-state index contributed by atoms with van der Waals surface area (Å²) in [6.45, 7) is 2.13. The molecule has 3 aromatic rings. The Morgan fingerprint density at radius 3 is 2.59 bits per heavy atom. The molecule has 3 rings (SSSR count). The van der Waals surface area contributed by atoms with Gasteiger partial charge in [-0.1, -0.05) is 30.0 Å². The molecule has 0 radical (unpaired) electrons. The first kappa shape index (κ1) is 10.5. The molecule has 2 heteroatoms. The second-order valence-corrected chi connectivity index (χ2v) is 5.24. The lowest BCUT2D eigenvalue weighted by Crippen LogP contribution is -1.75. The molecule has 0 atom stereocenters. The Morgan fingerprint density at radius 1 is 0.941 bits per heavy atom. The molecule has 1 aromatic heterocycles. The van der Waals surface area contributed by atoms with Gasteiger partial charge in [-0.3, -0.25) is 0 Å². The molecular formula is C15H13NS. The van der Waals surface area contributed by atoms with Crippen molar-refractivity contribution in [3.05, 3.63) is 60.3 Å². The molecule has 0 saturated heterocycles. The highest BCUT2D eigenvalue weighted by molar-refractivity contribution is 7.99. The van der Waals surface area contributed by atoms with Crippen molar-refractivity contribution in [2.45, 2.75) is 16.7 Å². The molecule has 0 saturated carbocycles. The summed E-state index contributed by atoms with van der Waals surface area (Å²) in [5, 5.41) is 1.31. The number of fused-ring (bicyclic) bond motifs is 1. The summed E-state index contributed by atoms with van der Waals surface area (Å²) in [5.74, 6) is 0. The van der Waals surface area contributed by atoms with E-state index in [9.17, 15) is 0 Å². The molecule has 0 aliphatic heterocycles. The molecule has 2 aromatic carbocycles. The van der Waals surface area contributed by atoms with Crippen LogP contribution in [0.1, 0.15) is 5.56 Å². The number of hydrogen-bond acceptors (Lipinski definition) is 1. The normalized spacial score (nSPS) is 10.9. The number of nitrogens with one attached hydrogen (secondary N) is 1. The second-order valence-electron chi connectivity index (χ2n) is 4.09. The van der Waals surface area contributed by atoms with E-state index in [0.29, 0.717) is 0 Å². The van der Waals surface area contributed by atoms with Gasteiger partial charge in [0, 0.05) is 26.9 Å². The maximum atomic E-state index is 3.27.